The van der Waals surface area contributed by atoms with Crippen LogP contribution in [0.15, 0.2) is 35.6 Å². The van der Waals surface area contributed by atoms with Gasteiger partial charge in [0.25, 0.3) is 0 Å². The summed E-state index contributed by atoms with van der Waals surface area (Å²) in [6, 6.07) is 7.78. The number of aromatic nitrogens is 2. The highest BCUT2D eigenvalue weighted by molar-refractivity contribution is 5.88. The molecule has 0 saturated carbocycles. The minimum atomic E-state index is -0.880. The van der Waals surface area contributed by atoms with Crippen molar-refractivity contribution in [2.24, 2.45) is 5.16 Å². The average molecular weight is 273 g/mol. The lowest BCUT2D eigenvalue weighted by atomic mass is 10.1. The van der Waals surface area contributed by atoms with Crippen LogP contribution >= 0.6 is 0 Å². The minimum Gasteiger partial charge on any atom is -0.481 e. The Kier molecular flexibility index (Phi) is 4.14. The average Bonchev–Trinajstić information content (AvgIpc) is 2.81. The maximum absolute atomic E-state index is 10.6. The summed E-state index contributed by atoms with van der Waals surface area (Å²) < 4.78 is 1.54. The third-order valence-corrected chi connectivity index (χ3v) is 2.87. The van der Waals surface area contributed by atoms with Crippen LogP contribution in [0.4, 0.5) is 0 Å². The summed E-state index contributed by atoms with van der Waals surface area (Å²) in [4.78, 5) is 10.6. The maximum Gasteiger partial charge on any atom is 0.305 e. The van der Waals surface area contributed by atoms with Crippen molar-refractivity contribution < 1.29 is 15.1 Å². The van der Waals surface area contributed by atoms with Gasteiger partial charge in [-0.15, -0.1) is 0 Å². The zero-order valence-electron chi connectivity index (χ0n) is 11.0. The molecule has 0 aliphatic heterocycles. The predicted molar refractivity (Wildman–Crippen MR) is 74.0 cm³/mol. The fourth-order valence-corrected chi connectivity index (χ4v) is 1.85. The van der Waals surface area contributed by atoms with Crippen LogP contribution < -0.4 is 0 Å². The molecule has 0 atom stereocenters. The Bertz CT molecular complexity index is 630. The Balaban J connectivity index is 2.35. The quantitative estimate of drug-likeness (QED) is 0.496. The van der Waals surface area contributed by atoms with Gasteiger partial charge in [-0.3, -0.25) is 9.48 Å². The van der Waals surface area contributed by atoms with E-state index in [1.807, 2.05) is 31.2 Å². The summed E-state index contributed by atoms with van der Waals surface area (Å²) in [5.41, 5.74) is 3.32. The van der Waals surface area contributed by atoms with Gasteiger partial charge < -0.3 is 10.3 Å². The molecule has 0 fully saturated rings. The lowest BCUT2D eigenvalue weighted by Gasteiger charge is -2.00. The highest BCUT2D eigenvalue weighted by Crippen LogP contribution is 2.21. The maximum atomic E-state index is 10.6. The molecule has 2 N–H and O–H groups in total. The first-order valence-electron chi connectivity index (χ1n) is 6.14. The van der Waals surface area contributed by atoms with Gasteiger partial charge in [-0.1, -0.05) is 35.0 Å². The fraction of sp³-hybridized carbons (Fsp3) is 0.214. The second-order valence-corrected chi connectivity index (χ2v) is 4.45. The van der Waals surface area contributed by atoms with Crippen molar-refractivity contribution >= 4 is 12.2 Å². The van der Waals surface area contributed by atoms with Gasteiger partial charge in [0.1, 0.15) is 5.69 Å². The largest absolute Gasteiger partial charge is 0.481 e. The lowest BCUT2D eigenvalue weighted by Crippen LogP contribution is -2.04. The second-order valence-electron chi connectivity index (χ2n) is 4.45. The van der Waals surface area contributed by atoms with E-state index in [0.717, 1.165) is 11.1 Å². The fourth-order valence-electron chi connectivity index (χ4n) is 1.85. The third kappa shape index (κ3) is 3.23. The van der Waals surface area contributed by atoms with Crippen molar-refractivity contribution in [2.75, 3.05) is 0 Å². The first-order chi connectivity index (χ1) is 9.60. The van der Waals surface area contributed by atoms with Gasteiger partial charge in [0.2, 0.25) is 0 Å². The monoisotopic (exact) mass is 273 g/mol. The Hall–Kier alpha value is -2.63. The molecule has 2 rings (SSSR count). The van der Waals surface area contributed by atoms with Crippen molar-refractivity contribution in [3.63, 3.8) is 0 Å². The molecule has 1 aromatic carbocycles. The van der Waals surface area contributed by atoms with Crippen LogP contribution in [-0.2, 0) is 11.3 Å². The number of aliphatic carboxylic acids is 1. The molecule has 0 bridgehead atoms. The molecule has 6 heteroatoms. The smallest absolute Gasteiger partial charge is 0.305 e. The van der Waals surface area contributed by atoms with Gasteiger partial charge >= 0.3 is 5.97 Å². The number of hydrogen-bond acceptors (Lipinski definition) is 4. The number of rotatable bonds is 5. The highest BCUT2D eigenvalue weighted by Gasteiger charge is 2.10. The first kappa shape index (κ1) is 13.8. The summed E-state index contributed by atoms with van der Waals surface area (Å²) in [5.74, 6) is -0.880. The Labute approximate surface area is 116 Å². The van der Waals surface area contributed by atoms with Crippen LogP contribution in [0.2, 0.25) is 0 Å². The number of benzene rings is 1. The number of carboxylic acid groups (broad SMARTS) is 1. The van der Waals surface area contributed by atoms with E-state index in [1.54, 1.807) is 10.9 Å². The van der Waals surface area contributed by atoms with Crippen molar-refractivity contribution in [1.82, 2.24) is 9.78 Å². The summed E-state index contributed by atoms with van der Waals surface area (Å²) >= 11 is 0. The van der Waals surface area contributed by atoms with Gasteiger partial charge in [-0.05, 0) is 6.92 Å². The molecule has 1 heterocycles. The predicted octanol–water partition coefficient (Wildman–Crippen LogP) is 2.14. The molecule has 0 spiro atoms. The van der Waals surface area contributed by atoms with Crippen LogP contribution in [0.25, 0.3) is 11.3 Å². The first-order valence-corrected chi connectivity index (χ1v) is 6.14. The molecule has 0 aliphatic carbocycles. The van der Waals surface area contributed by atoms with E-state index in [-0.39, 0.29) is 13.0 Å². The van der Waals surface area contributed by atoms with Gasteiger partial charge in [-0.25, -0.2) is 0 Å². The second kappa shape index (κ2) is 6.01. The van der Waals surface area contributed by atoms with Gasteiger partial charge in [0.15, 0.2) is 0 Å². The molecule has 104 valence electrons. The summed E-state index contributed by atoms with van der Waals surface area (Å²) in [7, 11) is 0. The molecule has 2 aromatic rings. The SMILES string of the molecule is Cc1ccc(-c2nn(CCC(=O)O)cc2C=NO)cc1. The molecular weight excluding hydrogens is 258 g/mol. The number of carboxylic acids is 1. The number of oxime groups is 1. The third-order valence-electron chi connectivity index (χ3n) is 2.87. The van der Waals surface area contributed by atoms with Crippen molar-refractivity contribution in [3.05, 3.63) is 41.6 Å². The van der Waals surface area contributed by atoms with E-state index in [2.05, 4.69) is 10.3 Å². The molecule has 0 radical (unpaired) electrons. The zero-order valence-corrected chi connectivity index (χ0v) is 11.0. The van der Waals surface area contributed by atoms with Crippen LogP contribution in [0, 0.1) is 6.92 Å². The molecule has 0 saturated heterocycles. The lowest BCUT2D eigenvalue weighted by molar-refractivity contribution is -0.137. The molecule has 0 unspecified atom stereocenters. The van der Waals surface area contributed by atoms with E-state index in [0.29, 0.717) is 11.3 Å². The van der Waals surface area contributed by atoms with E-state index in [1.165, 1.54) is 6.21 Å². The zero-order chi connectivity index (χ0) is 14.5. The van der Waals surface area contributed by atoms with Crippen LogP contribution in [0.1, 0.15) is 17.5 Å². The normalized spacial score (nSPS) is 11.1. The standard InChI is InChI=1S/C14H15N3O3/c1-10-2-4-11(5-3-10)14-12(8-15-20)9-17(16-14)7-6-13(18)19/h2-5,8-9,20H,6-7H2,1H3,(H,18,19). The molecule has 20 heavy (non-hydrogen) atoms. The van der Waals surface area contributed by atoms with Crippen molar-refractivity contribution in [3.8, 4) is 11.3 Å². The Morgan fingerprint density at radius 2 is 2.10 bits per heavy atom. The molecular formula is C14H15N3O3. The van der Waals surface area contributed by atoms with E-state index < -0.39 is 5.97 Å². The minimum absolute atomic E-state index is 0.00920. The van der Waals surface area contributed by atoms with Crippen LogP contribution in [-0.4, -0.2) is 32.3 Å². The summed E-state index contributed by atoms with van der Waals surface area (Å²) in [5, 5.41) is 24.8. The van der Waals surface area contributed by atoms with Gasteiger partial charge in [0.05, 0.1) is 19.2 Å². The van der Waals surface area contributed by atoms with E-state index in [4.69, 9.17) is 10.3 Å². The van der Waals surface area contributed by atoms with Gasteiger partial charge in [0, 0.05) is 17.3 Å². The van der Waals surface area contributed by atoms with E-state index >= 15 is 0 Å². The molecule has 0 aliphatic rings. The molecule has 1 aromatic heterocycles. The number of aryl methyl sites for hydroxylation is 2. The van der Waals surface area contributed by atoms with Crippen molar-refractivity contribution in [1.29, 1.82) is 0 Å². The number of hydrogen-bond donors (Lipinski definition) is 2. The number of nitrogens with zero attached hydrogens (tertiary/aromatic N) is 3. The Morgan fingerprint density at radius 1 is 1.40 bits per heavy atom. The number of carbonyl (C=O) groups is 1. The van der Waals surface area contributed by atoms with E-state index in [9.17, 15) is 4.79 Å². The van der Waals surface area contributed by atoms with Gasteiger partial charge in [-0.2, -0.15) is 5.10 Å². The topological polar surface area (TPSA) is 87.7 Å². The van der Waals surface area contributed by atoms with Crippen molar-refractivity contribution in [2.45, 2.75) is 19.9 Å². The summed E-state index contributed by atoms with van der Waals surface area (Å²) in [6.45, 7) is 2.26. The van der Waals surface area contributed by atoms with Crippen LogP contribution in [0.5, 0.6) is 0 Å². The molecule has 0 amide bonds. The van der Waals surface area contributed by atoms with Crippen LogP contribution in [0.3, 0.4) is 0 Å². The molecule has 6 nitrogen and oxygen atoms in total. The Morgan fingerprint density at radius 3 is 2.70 bits per heavy atom. The highest BCUT2D eigenvalue weighted by atomic mass is 16.4. The summed E-state index contributed by atoms with van der Waals surface area (Å²) in [6.07, 6.45) is 2.95.